The van der Waals surface area contributed by atoms with Crippen molar-refractivity contribution in [1.82, 2.24) is 0 Å². The molecule has 0 N–H and O–H groups in total. The fourth-order valence-electron chi connectivity index (χ4n) is 3.69. The summed E-state index contributed by atoms with van der Waals surface area (Å²) in [6, 6.07) is 5.91. The van der Waals surface area contributed by atoms with Crippen LogP contribution in [0.5, 0.6) is 11.5 Å². The van der Waals surface area contributed by atoms with E-state index in [0.29, 0.717) is 24.3 Å². The molecule has 0 spiro atoms. The molecule has 136 valence electrons. The molecule has 0 radical (unpaired) electrons. The van der Waals surface area contributed by atoms with Gasteiger partial charge in [-0.25, -0.2) is 0 Å². The van der Waals surface area contributed by atoms with E-state index in [0.717, 1.165) is 12.0 Å². The number of ketones is 1. The molecule has 0 amide bonds. The first-order valence-electron chi connectivity index (χ1n) is 8.58. The SMILES string of the molecule is C=CC[C@@]1([C@@H](C)Cc2ccc(OC)c(OC)c2)C[C@H](OC)C=CC1=O. The van der Waals surface area contributed by atoms with Crippen LogP contribution in [-0.2, 0) is 16.0 Å². The first-order chi connectivity index (χ1) is 12.0. The maximum absolute atomic E-state index is 12.8. The van der Waals surface area contributed by atoms with Crippen LogP contribution in [0.3, 0.4) is 0 Å². The van der Waals surface area contributed by atoms with Gasteiger partial charge in [0.1, 0.15) is 0 Å². The minimum atomic E-state index is -0.482. The van der Waals surface area contributed by atoms with Crippen LogP contribution >= 0.6 is 0 Å². The van der Waals surface area contributed by atoms with E-state index in [2.05, 4.69) is 13.5 Å². The Morgan fingerprint density at radius 1 is 1.28 bits per heavy atom. The summed E-state index contributed by atoms with van der Waals surface area (Å²) in [5.41, 5.74) is 0.634. The van der Waals surface area contributed by atoms with Gasteiger partial charge in [0.15, 0.2) is 17.3 Å². The quantitative estimate of drug-likeness (QED) is 0.669. The number of benzene rings is 1. The maximum atomic E-state index is 12.8. The Kier molecular flexibility index (Phi) is 6.43. The smallest absolute Gasteiger partial charge is 0.162 e. The minimum absolute atomic E-state index is 0.0366. The summed E-state index contributed by atoms with van der Waals surface area (Å²) in [4.78, 5) is 12.8. The van der Waals surface area contributed by atoms with Crippen LogP contribution in [0, 0.1) is 11.3 Å². The van der Waals surface area contributed by atoms with E-state index in [1.165, 1.54) is 0 Å². The van der Waals surface area contributed by atoms with Gasteiger partial charge in [-0.15, -0.1) is 6.58 Å². The molecule has 0 saturated carbocycles. The average Bonchev–Trinajstić information content (AvgIpc) is 2.63. The molecule has 0 heterocycles. The van der Waals surface area contributed by atoms with E-state index in [-0.39, 0.29) is 17.8 Å². The van der Waals surface area contributed by atoms with E-state index < -0.39 is 5.41 Å². The van der Waals surface area contributed by atoms with E-state index in [1.807, 2.05) is 30.4 Å². The zero-order chi connectivity index (χ0) is 18.4. The number of ether oxygens (including phenoxy) is 3. The molecule has 0 aromatic heterocycles. The fourth-order valence-corrected chi connectivity index (χ4v) is 3.69. The van der Waals surface area contributed by atoms with Crippen molar-refractivity contribution in [1.29, 1.82) is 0 Å². The molecule has 1 aromatic carbocycles. The first kappa shape index (κ1) is 19.3. The summed E-state index contributed by atoms with van der Waals surface area (Å²) >= 11 is 0. The van der Waals surface area contributed by atoms with Crippen molar-refractivity contribution >= 4 is 5.78 Å². The van der Waals surface area contributed by atoms with Gasteiger partial charge in [-0.1, -0.05) is 25.1 Å². The van der Waals surface area contributed by atoms with Gasteiger partial charge in [-0.05, 0) is 49.0 Å². The number of hydrogen-bond acceptors (Lipinski definition) is 4. The Labute approximate surface area is 150 Å². The lowest BCUT2D eigenvalue weighted by atomic mass is 9.63. The molecule has 0 aliphatic heterocycles. The summed E-state index contributed by atoms with van der Waals surface area (Å²) in [6.07, 6.45) is 7.42. The molecule has 4 heteroatoms. The highest BCUT2D eigenvalue weighted by atomic mass is 16.5. The number of methoxy groups -OCH3 is 3. The zero-order valence-electron chi connectivity index (χ0n) is 15.6. The van der Waals surface area contributed by atoms with Crippen molar-refractivity contribution in [2.24, 2.45) is 11.3 Å². The number of carbonyl (C=O) groups is 1. The molecule has 0 saturated heterocycles. The van der Waals surface area contributed by atoms with Gasteiger partial charge in [-0.3, -0.25) is 4.79 Å². The van der Waals surface area contributed by atoms with Crippen LogP contribution < -0.4 is 9.47 Å². The van der Waals surface area contributed by atoms with Gasteiger partial charge in [0.25, 0.3) is 0 Å². The number of rotatable bonds is 8. The zero-order valence-corrected chi connectivity index (χ0v) is 15.6. The Morgan fingerprint density at radius 2 is 2.00 bits per heavy atom. The van der Waals surface area contributed by atoms with Gasteiger partial charge in [0, 0.05) is 12.5 Å². The Balaban J connectivity index is 2.29. The van der Waals surface area contributed by atoms with Gasteiger partial charge in [-0.2, -0.15) is 0 Å². The third-order valence-corrected chi connectivity index (χ3v) is 5.26. The third-order valence-electron chi connectivity index (χ3n) is 5.26. The van der Waals surface area contributed by atoms with Crippen molar-refractivity contribution in [3.05, 3.63) is 48.6 Å². The van der Waals surface area contributed by atoms with E-state index in [9.17, 15) is 4.79 Å². The number of carbonyl (C=O) groups excluding carboxylic acids is 1. The molecule has 1 aliphatic carbocycles. The van der Waals surface area contributed by atoms with Crippen molar-refractivity contribution in [3.8, 4) is 11.5 Å². The third kappa shape index (κ3) is 3.96. The maximum Gasteiger partial charge on any atom is 0.162 e. The predicted octanol–water partition coefficient (Wildman–Crippen LogP) is 3.99. The second-order valence-corrected chi connectivity index (χ2v) is 6.65. The van der Waals surface area contributed by atoms with Crippen molar-refractivity contribution in [2.75, 3.05) is 21.3 Å². The highest BCUT2D eigenvalue weighted by Gasteiger charge is 2.44. The van der Waals surface area contributed by atoms with Crippen LogP contribution in [0.25, 0.3) is 0 Å². The van der Waals surface area contributed by atoms with Crippen molar-refractivity contribution in [2.45, 2.75) is 32.3 Å². The van der Waals surface area contributed by atoms with Crippen LogP contribution in [-0.4, -0.2) is 33.2 Å². The van der Waals surface area contributed by atoms with E-state index in [1.54, 1.807) is 27.4 Å². The molecule has 25 heavy (non-hydrogen) atoms. The molecule has 0 fully saturated rings. The summed E-state index contributed by atoms with van der Waals surface area (Å²) in [5.74, 6) is 1.71. The molecule has 3 atom stereocenters. The standard InChI is InChI=1S/C21H28O4/c1-6-11-21(14-17(23-3)8-10-20(21)22)15(2)12-16-7-9-18(24-4)19(13-16)25-5/h6-10,13,15,17H,1,11-12,14H2,2-5H3/t15-,17+,21-/m0/s1. The lowest BCUT2D eigenvalue weighted by molar-refractivity contribution is -0.130. The largest absolute Gasteiger partial charge is 0.493 e. The molecule has 0 unspecified atom stereocenters. The van der Waals surface area contributed by atoms with Gasteiger partial charge in [0.05, 0.1) is 20.3 Å². The monoisotopic (exact) mass is 344 g/mol. The lowest BCUT2D eigenvalue weighted by Crippen LogP contribution is -2.43. The highest BCUT2D eigenvalue weighted by Crippen LogP contribution is 2.43. The van der Waals surface area contributed by atoms with Crippen LogP contribution in [0.4, 0.5) is 0 Å². The Bertz CT molecular complexity index is 649. The summed E-state index contributed by atoms with van der Waals surface area (Å²) in [7, 11) is 4.93. The minimum Gasteiger partial charge on any atom is -0.493 e. The molecular formula is C21H28O4. The van der Waals surface area contributed by atoms with Crippen LogP contribution in [0.1, 0.15) is 25.3 Å². The number of allylic oxidation sites excluding steroid dienone is 2. The van der Waals surface area contributed by atoms with Gasteiger partial charge in [0.2, 0.25) is 0 Å². The molecular weight excluding hydrogens is 316 g/mol. The van der Waals surface area contributed by atoms with Crippen molar-refractivity contribution in [3.63, 3.8) is 0 Å². The summed E-state index contributed by atoms with van der Waals surface area (Å²) in [6.45, 7) is 6.00. The normalized spacial score (nSPS) is 24.0. The predicted molar refractivity (Wildman–Crippen MR) is 99.2 cm³/mol. The molecule has 4 nitrogen and oxygen atoms in total. The second-order valence-electron chi connectivity index (χ2n) is 6.65. The number of hydrogen-bond donors (Lipinski definition) is 0. The average molecular weight is 344 g/mol. The topological polar surface area (TPSA) is 44.8 Å². The lowest BCUT2D eigenvalue weighted by Gasteiger charge is -2.40. The van der Waals surface area contributed by atoms with Crippen LogP contribution in [0.2, 0.25) is 0 Å². The van der Waals surface area contributed by atoms with Gasteiger partial charge >= 0.3 is 0 Å². The Hall–Kier alpha value is -2.07. The molecule has 2 rings (SSSR count). The van der Waals surface area contributed by atoms with E-state index >= 15 is 0 Å². The van der Waals surface area contributed by atoms with Gasteiger partial charge < -0.3 is 14.2 Å². The molecule has 0 bridgehead atoms. The van der Waals surface area contributed by atoms with E-state index in [4.69, 9.17) is 14.2 Å². The van der Waals surface area contributed by atoms with Crippen molar-refractivity contribution < 1.29 is 19.0 Å². The molecule has 1 aliphatic rings. The fraction of sp³-hybridized carbons (Fsp3) is 0.476. The summed E-state index contributed by atoms with van der Waals surface area (Å²) < 4.78 is 16.2. The Morgan fingerprint density at radius 3 is 2.60 bits per heavy atom. The second kappa shape index (κ2) is 8.34. The first-order valence-corrected chi connectivity index (χ1v) is 8.58. The molecule has 1 aromatic rings. The summed E-state index contributed by atoms with van der Waals surface area (Å²) in [5, 5.41) is 0. The van der Waals surface area contributed by atoms with Crippen LogP contribution in [0.15, 0.2) is 43.0 Å². The highest BCUT2D eigenvalue weighted by molar-refractivity contribution is 5.96.